The van der Waals surface area contributed by atoms with Crippen LogP contribution in [0.4, 0.5) is 0 Å². The van der Waals surface area contributed by atoms with E-state index < -0.39 is 0 Å². The second-order valence-corrected chi connectivity index (χ2v) is 6.49. The highest BCUT2D eigenvalue weighted by atomic mass is 16.4. The minimum absolute atomic E-state index is 0.00927. The highest BCUT2D eigenvalue weighted by Gasteiger charge is 2.30. The fourth-order valence-corrected chi connectivity index (χ4v) is 3.51. The van der Waals surface area contributed by atoms with Crippen LogP contribution in [0.5, 0.6) is 0 Å². The first kappa shape index (κ1) is 16.5. The summed E-state index contributed by atoms with van der Waals surface area (Å²) in [7, 11) is 0. The molecule has 0 unspecified atom stereocenters. The van der Waals surface area contributed by atoms with Gasteiger partial charge in [-0.15, -0.1) is 5.10 Å². The van der Waals surface area contributed by atoms with Crippen molar-refractivity contribution in [2.45, 2.75) is 51.9 Å². The second-order valence-electron chi connectivity index (χ2n) is 6.49. The minimum Gasteiger partial charge on any atom is -0.455 e. The van der Waals surface area contributed by atoms with Gasteiger partial charge in [-0.25, -0.2) is 0 Å². The molecule has 1 saturated heterocycles. The van der Waals surface area contributed by atoms with Crippen molar-refractivity contribution in [2.24, 2.45) is 21.7 Å². The maximum Gasteiger partial charge on any atom is 0.289 e. The van der Waals surface area contributed by atoms with Crippen LogP contribution in [0.2, 0.25) is 0 Å². The number of furan rings is 1. The van der Waals surface area contributed by atoms with Gasteiger partial charge in [0.2, 0.25) is 5.96 Å². The number of likely N-dealkylation sites (tertiary alicyclic amines) is 1. The molecule has 1 aliphatic carbocycles. The molecule has 1 aromatic heterocycles. The van der Waals surface area contributed by atoms with Gasteiger partial charge in [0, 0.05) is 30.6 Å². The third kappa shape index (κ3) is 3.29. The first-order valence-electron chi connectivity index (χ1n) is 8.65. The number of rotatable bonds is 2. The number of aryl methyl sites for hydroxylation is 1. The number of hydrogen-bond acceptors (Lipinski definition) is 4. The molecule has 1 fully saturated rings. The monoisotopic (exact) mass is 331 g/mol. The summed E-state index contributed by atoms with van der Waals surface area (Å²) in [5.74, 6) is 1.18. The predicted molar refractivity (Wildman–Crippen MR) is 93.1 cm³/mol. The summed E-state index contributed by atoms with van der Waals surface area (Å²) < 4.78 is 5.95. The van der Waals surface area contributed by atoms with E-state index in [4.69, 9.17) is 15.9 Å². The van der Waals surface area contributed by atoms with Gasteiger partial charge in [0.25, 0.3) is 5.91 Å². The molecule has 1 aliphatic heterocycles. The molecular weight excluding hydrogens is 306 g/mol. The van der Waals surface area contributed by atoms with Gasteiger partial charge in [0.05, 0.1) is 5.71 Å². The quantitative estimate of drug-likeness (QED) is 0.490. The molecule has 24 heavy (non-hydrogen) atoms. The van der Waals surface area contributed by atoms with E-state index in [1.165, 1.54) is 12.8 Å². The second kappa shape index (κ2) is 7.07. The molecule has 0 bridgehead atoms. The third-order valence-electron chi connectivity index (χ3n) is 4.70. The Balaban J connectivity index is 1.93. The first-order valence-corrected chi connectivity index (χ1v) is 8.65. The van der Waals surface area contributed by atoms with Gasteiger partial charge in [0.1, 0.15) is 5.76 Å². The number of guanidine groups is 1. The van der Waals surface area contributed by atoms with Crippen molar-refractivity contribution in [3.8, 4) is 0 Å². The number of carbonyl (C=O) groups excluding carboxylic acids is 1. The van der Waals surface area contributed by atoms with Gasteiger partial charge in [0.15, 0.2) is 5.76 Å². The van der Waals surface area contributed by atoms with Gasteiger partial charge in [-0.05, 0) is 32.6 Å². The molecule has 4 N–H and O–H groups in total. The summed E-state index contributed by atoms with van der Waals surface area (Å²) in [5, 5.41) is 7.92. The standard InChI is InChI=1S/C17H25N5O2/c1-11-14-12(20-21-17(18)19)7-6-8-13(14)24-15(11)16(23)22-9-4-2-3-5-10-22/h2-10H2,1H3,(H4,18,19,21)/b20-12+. The van der Waals surface area contributed by atoms with E-state index in [1.807, 2.05) is 11.8 Å². The summed E-state index contributed by atoms with van der Waals surface area (Å²) in [6.07, 6.45) is 6.99. The zero-order valence-corrected chi connectivity index (χ0v) is 14.2. The normalized spacial score (nSPS) is 19.7. The van der Waals surface area contributed by atoms with Crippen LogP contribution in [0.1, 0.15) is 66.0 Å². The van der Waals surface area contributed by atoms with Crippen LogP contribution in [-0.4, -0.2) is 35.6 Å². The lowest BCUT2D eigenvalue weighted by Crippen LogP contribution is -2.32. The molecule has 2 aliphatic rings. The molecule has 1 aromatic rings. The first-order chi connectivity index (χ1) is 11.6. The Kier molecular flexibility index (Phi) is 4.87. The number of carbonyl (C=O) groups is 1. The van der Waals surface area contributed by atoms with E-state index in [2.05, 4.69) is 10.2 Å². The fourth-order valence-electron chi connectivity index (χ4n) is 3.51. The largest absolute Gasteiger partial charge is 0.455 e. The molecule has 0 atom stereocenters. The van der Waals surface area contributed by atoms with E-state index in [9.17, 15) is 4.79 Å². The molecule has 7 nitrogen and oxygen atoms in total. The topological polar surface area (TPSA) is 110 Å². The molecule has 2 heterocycles. The number of fused-ring (bicyclic) bond motifs is 1. The lowest BCUT2D eigenvalue weighted by molar-refractivity contribution is 0.0726. The number of hydrogen-bond donors (Lipinski definition) is 2. The lowest BCUT2D eigenvalue weighted by atomic mass is 9.93. The maximum absolute atomic E-state index is 12.9. The van der Waals surface area contributed by atoms with E-state index in [0.717, 1.165) is 67.8 Å². The summed E-state index contributed by atoms with van der Waals surface area (Å²) in [6.45, 7) is 3.53. The van der Waals surface area contributed by atoms with Crippen molar-refractivity contribution in [3.05, 3.63) is 22.6 Å². The van der Waals surface area contributed by atoms with Gasteiger partial charge in [-0.3, -0.25) is 4.79 Å². The van der Waals surface area contributed by atoms with E-state index in [-0.39, 0.29) is 11.9 Å². The van der Waals surface area contributed by atoms with E-state index in [1.54, 1.807) is 0 Å². The van der Waals surface area contributed by atoms with Crippen LogP contribution in [0, 0.1) is 6.92 Å². The maximum atomic E-state index is 12.9. The average Bonchev–Trinajstić information content (AvgIpc) is 2.76. The number of nitrogens with zero attached hydrogens (tertiary/aromatic N) is 3. The molecular formula is C17H25N5O2. The molecule has 7 heteroatoms. The third-order valence-corrected chi connectivity index (χ3v) is 4.70. The Morgan fingerprint density at radius 3 is 2.46 bits per heavy atom. The molecule has 130 valence electrons. The lowest BCUT2D eigenvalue weighted by Gasteiger charge is -2.19. The summed E-state index contributed by atoms with van der Waals surface area (Å²) in [6, 6.07) is 0. The minimum atomic E-state index is -0.0726. The van der Waals surface area contributed by atoms with Crippen LogP contribution < -0.4 is 11.5 Å². The van der Waals surface area contributed by atoms with Crippen LogP contribution in [-0.2, 0) is 6.42 Å². The SMILES string of the molecule is Cc1c(C(=O)N2CCCCCC2)oc2c1/C(=N/N=C(N)N)CCC2. The van der Waals surface area contributed by atoms with Crippen molar-refractivity contribution >= 4 is 17.6 Å². The van der Waals surface area contributed by atoms with Crippen molar-refractivity contribution < 1.29 is 9.21 Å². The Hall–Kier alpha value is -2.31. The Morgan fingerprint density at radius 1 is 1.08 bits per heavy atom. The van der Waals surface area contributed by atoms with Crippen LogP contribution in [0.15, 0.2) is 14.6 Å². The fraction of sp³-hybridized carbons (Fsp3) is 0.588. The summed E-state index contributed by atoms with van der Waals surface area (Å²) in [5.41, 5.74) is 13.3. The zero-order valence-electron chi connectivity index (χ0n) is 14.2. The average molecular weight is 331 g/mol. The molecule has 0 aromatic carbocycles. The molecule has 0 radical (unpaired) electrons. The highest BCUT2D eigenvalue weighted by molar-refractivity contribution is 6.06. The Bertz CT molecular complexity index is 677. The van der Waals surface area contributed by atoms with Gasteiger partial charge >= 0.3 is 0 Å². The van der Waals surface area contributed by atoms with Crippen molar-refractivity contribution in [1.29, 1.82) is 0 Å². The summed E-state index contributed by atoms with van der Waals surface area (Å²) in [4.78, 5) is 14.8. The molecule has 0 spiro atoms. The Labute approximate surface area is 141 Å². The molecule has 3 rings (SSSR count). The Morgan fingerprint density at radius 2 is 1.79 bits per heavy atom. The van der Waals surface area contributed by atoms with Crippen LogP contribution in [0.3, 0.4) is 0 Å². The zero-order chi connectivity index (χ0) is 17.1. The van der Waals surface area contributed by atoms with Crippen molar-refractivity contribution in [1.82, 2.24) is 4.90 Å². The predicted octanol–water partition coefficient (Wildman–Crippen LogP) is 1.92. The number of amides is 1. The van der Waals surface area contributed by atoms with Crippen LogP contribution >= 0.6 is 0 Å². The van der Waals surface area contributed by atoms with Gasteiger partial charge in [-0.2, -0.15) is 5.10 Å². The van der Waals surface area contributed by atoms with Crippen LogP contribution in [0.25, 0.3) is 0 Å². The van der Waals surface area contributed by atoms with Crippen molar-refractivity contribution in [3.63, 3.8) is 0 Å². The molecule has 1 amide bonds. The van der Waals surface area contributed by atoms with Gasteiger partial charge < -0.3 is 20.8 Å². The molecule has 0 saturated carbocycles. The van der Waals surface area contributed by atoms with Crippen molar-refractivity contribution in [2.75, 3.05) is 13.1 Å². The van der Waals surface area contributed by atoms with Gasteiger partial charge in [-0.1, -0.05) is 12.8 Å². The number of nitrogens with two attached hydrogens (primary N) is 2. The van der Waals surface area contributed by atoms with E-state index in [0.29, 0.717) is 5.76 Å². The van der Waals surface area contributed by atoms with E-state index >= 15 is 0 Å². The highest BCUT2D eigenvalue weighted by Crippen LogP contribution is 2.31. The smallest absolute Gasteiger partial charge is 0.289 e. The summed E-state index contributed by atoms with van der Waals surface area (Å²) >= 11 is 0.